The lowest BCUT2D eigenvalue weighted by atomic mass is 9.88. The quantitative estimate of drug-likeness (QED) is 0.785. The van der Waals surface area contributed by atoms with Gasteiger partial charge in [-0.2, -0.15) is 11.8 Å². The van der Waals surface area contributed by atoms with Gasteiger partial charge in [0.15, 0.2) is 0 Å². The van der Waals surface area contributed by atoms with Crippen molar-refractivity contribution < 1.29 is 14.4 Å². The molecule has 1 heterocycles. The predicted molar refractivity (Wildman–Crippen MR) is 75.9 cm³/mol. The summed E-state index contributed by atoms with van der Waals surface area (Å²) in [5.41, 5.74) is -1.18. The summed E-state index contributed by atoms with van der Waals surface area (Å²) < 4.78 is -0.149. The molecule has 0 bridgehead atoms. The molecule has 0 saturated carbocycles. The smallest absolute Gasteiger partial charge is 0.277 e. The maximum atomic E-state index is 12.3. The van der Waals surface area contributed by atoms with E-state index in [2.05, 4.69) is 5.32 Å². The van der Waals surface area contributed by atoms with Gasteiger partial charge in [0.2, 0.25) is 11.8 Å². The summed E-state index contributed by atoms with van der Waals surface area (Å²) in [6.07, 6.45) is 3.70. The lowest BCUT2D eigenvalue weighted by Gasteiger charge is -2.40. The maximum Gasteiger partial charge on any atom is 0.330 e. The highest BCUT2D eigenvalue weighted by atomic mass is 32.2. The van der Waals surface area contributed by atoms with E-state index in [1.54, 1.807) is 25.6 Å². The summed E-state index contributed by atoms with van der Waals surface area (Å²) >= 11 is 1.66. The number of amides is 4. The average molecular weight is 286 g/mol. The highest BCUT2D eigenvalue weighted by Crippen LogP contribution is 2.34. The predicted octanol–water partition coefficient (Wildman–Crippen LogP) is 2.01. The minimum Gasteiger partial charge on any atom is -0.277 e. The number of imide groups is 2. The first-order valence-electron chi connectivity index (χ1n) is 6.46. The molecule has 108 valence electrons. The molecule has 6 heteroatoms. The van der Waals surface area contributed by atoms with Gasteiger partial charge in [-0.3, -0.25) is 19.8 Å². The van der Waals surface area contributed by atoms with Gasteiger partial charge in [0.05, 0.1) is 0 Å². The molecule has 5 nitrogen and oxygen atoms in total. The van der Waals surface area contributed by atoms with Gasteiger partial charge in [-0.1, -0.05) is 13.8 Å². The van der Waals surface area contributed by atoms with Crippen LogP contribution in [0.2, 0.25) is 0 Å². The highest BCUT2D eigenvalue weighted by molar-refractivity contribution is 8.00. The molecule has 0 radical (unpaired) electrons. The molecule has 1 aliphatic rings. The molecular formula is C13H22N2O3S. The number of hydrogen-bond acceptors (Lipinski definition) is 4. The summed E-state index contributed by atoms with van der Waals surface area (Å²) in [6.45, 7) is 7.51. The van der Waals surface area contributed by atoms with Crippen LogP contribution in [0.1, 0.15) is 40.5 Å². The third kappa shape index (κ3) is 2.78. The number of carbonyl (C=O) groups excluding carboxylic acids is 3. The number of rotatable bonds is 5. The lowest BCUT2D eigenvalue weighted by molar-refractivity contribution is -0.149. The van der Waals surface area contributed by atoms with Crippen LogP contribution in [-0.2, 0) is 9.59 Å². The second-order valence-electron chi connectivity index (χ2n) is 5.37. The van der Waals surface area contributed by atoms with Gasteiger partial charge in [-0.25, -0.2) is 4.79 Å². The fourth-order valence-corrected chi connectivity index (χ4v) is 2.94. The van der Waals surface area contributed by atoms with Crippen LogP contribution in [0.4, 0.5) is 4.79 Å². The van der Waals surface area contributed by atoms with Crippen LogP contribution in [0.5, 0.6) is 0 Å². The topological polar surface area (TPSA) is 66.5 Å². The van der Waals surface area contributed by atoms with Crippen molar-refractivity contribution in [3.8, 4) is 0 Å². The first kappa shape index (κ1) is 16.0. The van der Waals surface area contributed by atoms with Crippen molar-refractivity contribution in [1.82, 2.24) is 10.2 Å². The van der Waals surface area contributed by atoms with Crippen LogP contribution < -0.4 is 5.32 Å². The Bertz CT molecular complexity index is 394. The van der Waals surface area contributed by atoms with E-state index in [0.717, 1.165) is 12.8 Å². The largest absolute Gasteiger partial charge is 0.330 e. The molecule has 0 aromatic carbocycles. The minimum absolute atomic E-state index is 0.149. The second-order valence-corrected chi connectivity index (χ2v) is 6.64. The molecule has 0 aromatic heterocycles. The Balaban J connectivity index is 3.02. The first-order chi connectivity index (χ1) is 8.74. The van der Waals surface area contributed by atoms with Crippen molar-refractivity contribution in [3.05, 3.63) is 0 Å². The Morgan fingerprint density at radius 3 is 2.16 bits per heavy atom. The lowest BCUT2D eigenvalue weighted by Crippen LogP contribution is -2.63. The van der Waals surface area contributed by atoms with Gasteiger partial charge >= 0.3 is 6.03 Å². The maximum absolute atomic E-state index is 12.3. The van der Waals surface area contributed by atoms with Crippen LogP contribution in [0, 0.1) is 5.41 Å². The summed E-state index contributed by atoms with van der Waals surface area (Å²) in [5, 5.41) is 2.26. The Morgan fingerprint density at radius 1 is 1.21 bits per heavy atom. The highest BCUT2D eigenvalue weighted by Gasteiger charge is 2.48. The van der Waals surface area contributed by atoms with Crippen LogP contribution in [0.25, 0.3) is 0 Å². The van der Waals surface area contributed by atoms with E-state index in [1.165, 1.54) is 4.90 Å². The second kappa shape index (κ2) is 5.53. The average Bonchev–Trinajstić information content (AvgIpc) is 2.38. The summed E-state index contributed by atoms with van der Waals surface area (Å²) in [6, 6.07) is -0.602. The van der Waals surface area contributed by atoms with E-state index in [4.69, 9.17) is 0 Å². The molecule has 1 rings (SSSR count). The molecule has 0 spiro atoms. The summed E-state index contributed by atoms with van der Waals surface area (Å²) in [7, 11) is 0. The Labute approximate surface area is 118 Å². The first-order valence-corrected chi connectivity index (χ1v) is 7.69. The number of nitrogens with one attached hydrogen (secondary N) is 1. The van der Waals surface area contributed by atoms with Gasteiger partial charge in [-0.05, 0) is 32.9 Å². The number of thioether (sulfide) groups is 1. The zero-order valence-electron chi connectivity index (χ0n) is 12.2. The minimum atomic E-state index is -1.18. The zero-order chi connectivity index (χ0) is 14.8. The standard InChI is InChI=1S/C13H22N2O3S/c1-6-13(7-2,19-5)8-15-10(17)12(3,4)9(16)14-11(15)18/h6-8H2,1-5H3,(H,14,16,18). The fourth-order valence-electron chi connectivity index (χ4n) is 2.11. The summed E-state index contributed by atoms with van der Waals surface area (Å²) in [4.78, 5) is 37.1. The van der Waals surface area contributed by atoms with Crippen molar-refractivity contribution in [1.29, 1.82) is 0 Å². The van der Waals surface area contributed by atoms with E-state index in [1.807, 2.05) is 20.1 Å². The van der Waals surface area contributed by atoms with Crippen molar-refractivity contribution >= 4 is 29.6 Å². The molecule has 4 amide bonds. The Morgan fingerprint density at radius 2 is 1.74 bits per heavy atom. The molecular weight excluding hydrogens is 264 g/mol. The molecule has 0 atom stereocenters. The van der Waals surface area contributed by atoms with E-state index in [9.17, 15) is 14.4 Å². The molecule has 0 aromatic rings. The van der Waals surface area contributed by atoms with E-state index in [-0.39, 0.29) is 4.75 Å². The van der Waals surface area contributed by atoms with Crippen molar-refractivity contribution in [2.45, 2.75) is 45.3 Å². The van der Waals surface area contributed by atoms with Crippen molar-refractivity contribution in [2.24, 2.45) is 5.41 Å². The van der Waals surface area contributed by atoms with Gasteiger partial charge in [0.1, 0.15) is 5.41 Å². The molecule has 1 fully saturated rings. The molecule has 1 aliphatic heterocycles. The molecule has 0 unspecified atom stereocenters. The number of hydrogen-bond donors (Lipinski definition) is 1. The van der Waals surface area contributed by atoms with Crippen LogP contribution in [-0.4, -0.2) is 40.3 Å². The SMILES string of the molecule is CCC(CC)(CN1C(=O)NC(=O)C(C)(C)C1=O)SC. The number of barbiturate groups is 1. The third-order valence-electron chi connectivity index (χ3n) is 3.98. The zero-order valence-corrected chi connectivity index (χ0v) is 13.0. The summed E-state index contributed by atoms with van der Waals surface area (Å²) in [5.74, 6) is -0.942. The van der Waals surface area contributed by atoms with E-state index >= 15 is 0 Å². The normalized spacial score (nSPS) is 19.6. The van der Waals surface area contributed by atoms with E-state index < -0.39 is 23.3 Å². The van der Waals surface area contributed by atoms with Crippen LogP contribution >= 0.6 is 11.8 Å². The monoisotopic (exact) mass is 286 g/mol. The van der Waals surface area contributed by atoms with E-state index in [0.29, 0.717) is 6.54 Å². The van der Waals surface area contributed by atoms with Gasteiger partial charge < -0.3 is 0 Å². The number of carbonyl (C=O) groups is 3. The van der Waals surface area contributed by atoms with Gasteiger partial charge in [-0.15, -0.1) is 0 Å². The molecule has 1 N–H and O–H groups in total. The molecule has 19 heavy (non-hydrogen) atoms. The molecule has 1 saturated heterocycles. The number of urea groups is 1. The van der Waals surface area contributed by atoms with Crippen LogP contribution in [0.15, 0.2) is 0 Å². The third-order valence-corrected chi connectivity index (χ3v) is 5.55. The van der Waals surface area contributed by atoms with Crippen molar-refractivity contribution in [3.63, 3.8) is 0 Å². The number of nitrogens with zero attached hydrogens (tertiary/aromatic N) is 1. The van der Waals surface area contributed by atoms with Crippen LogP contribution in [0.3, 0.4) is 0 Å². The molecule has 0 aliphatic carbocycles. The fraction of sp³-hybridized carbons (Fsp3) is 0.769. The van der Waals surface area contributed by atoms with Gasteiger partial charge in [0.25, 0.3) is 0 Å². The van der Waals surface area contributed by atoms with Crippen molar-refractivity contribution in [2.75, 3.05) is 12.8 Å². The van der Waals surface area contributed by atoms with Gasteiger partial charge in [0, 0.05) is 11.3 Å². The Kier molecular flexibility index (Phi) is 4.66. The Hall–Kier alpha value is -1.04.